The molecule has 0 unspecified atom stereocenters. The van der Waals surface area contributed by atoms with Gasteiger partial charge in [-0.05, 0) is 64.7 Å². The van der Waals surface area contributed by atoms with Crippen molar-refractivity contribution in [1.29, 1.82) is 0 Å². The fourth-order valence-electron chi connectivity index (χ4n) is 2.29. The summed E-state index contributed by atoms with van der Waals surface area (Å²) in [5.74, 6) is -0.586. The number of carbonyl (C=O) groups is 1. The number of benzene rings is 2. The molecular weight excluding hydrogens is 363 g/mol. The van der Waals surface area contributed by atoms with Gasteiger partial charge in [-0.15, -0.1) is 0 Å². The molecule has 0 aromatic heterocycles. The molecule has 0 spiro atoms. The summed E-state index contributed by atoms with van der Waals surface area (Å²) in [6.45, 7) is 2.00. The lowest BCUT2D eigenvalue weighted by Gasteiger charge is -2.20. The molecular formula is C17H18BrFN2O2. The normalized spacial score (nSPS) is 10.6. The number of anilines is 1. The van der Waals surface area contributed by atoms with Gasteiger partial charge in [0.15, 0.2) is 0 Å². The second-order valence-corrected chi connectivity index (χ2v) is 6.25. The van der Waals surface area contributed by atoms with E-state index in [1.54, 1.807) is 32.2 Å². The van der Waals surface area contributed by atoms with Crippen molar-refractivity contribution in [1.82, 2.24) is 4.90 Å². The summed E-state index contributed by atoms with van der Waals surface area (Å²) in [7, 11) is 1.65. The number of phenols is 1. The van der Waals surface area contributed by atoms with E-state index in [1.165, 1.54) is 17.0 Å². The van der Waals surface area contributed by atoms with Gasteiger partial charge in [-0.25, -0.2) is 4.39 Å². The van der Waals surface area contributed by atoms with Crippen molar-refractivity contribution in [3.05, 3.63) is 57.3 Å². The first kappa shape index (κ1) is 17.3. The molecule has 6 heteroatoms. The largest absolute Gasteiger partial charge is 0.507 e. The lowest BCUT2D eigenvalue weighted by molar-refractivity contribution is 0.0796. The van der Waals surface area contributed by atoms with E-state index >= 15 is 0 Å². The molecule has 0 bridgehead atoms. The van der Waals surface area contributed by atoms with Crippen LogP contribution in [-0.2, 0) is 6.42 Å². The number of nitrogens with zero attached hydrogens (tertiary/aromatic N) is 1. The second kappa shape index (κ2) is 7.00. The maximum Gasteiger partial charge on any atom is 0.256 e. The van der Waals surface area contributed by atoms with Crippen molar-refractivity contribution in [3.8, 4) is 5.75 Å². The Morgan fingerprint density at radius 2 is 2.04 bits per heavy atom. The van der Waals surface area contributed by atoms with Crippen LogP contribution in [0.25, 0.3) is 0 Å². The van der Waals surface area contributed by atoms with Gasteiger partial charge in [0.05, 0.1) is 10.0 Å². The van der Waals surface area contributed by atoms with E-state index in [0.717, 1.165) is 5.56 Å². The topological polar surface area (TPSA) is 66.6 Å². The van der Waals surface area contributed by atoms with Crippen LogP contribution < -0.4 is 5.73 Å². The Morgan fingerprint density at radius 1 is 1.35 bits per heavy atom. The lowest BCUT2D eigenvalue weighted by Crippen LogP contribution is -2.30. The quantitative estimate of drug-likeness (QED) is 0.797. The second-order valence-electron chi connectivity index (χ2n) is 5.40. The minimum absolute atomic E-state index is 0.168. The standard InChI is InChI=1S/C17H18BrFN2O2/c1-10-13(19)4-5-14(20)16(10)17(23)21(2)8-7-11-3-6-15(22)12(18)9-11/h3-6,9,22H,7-8,20H2,1-2H3. The van der Waals surface area contributed by atoms with Crippen LogP contribution in [-0.4, -0.2) is 29.5 Å². The maximum atomic E-state index is 13.7. The molecule has 122 valence electrons. The first-order valence-corrected chi connectivity index (χ1v) is 7.88. The molecule has 2 aromatic carbocycles. The van der Waals surface area contributed by atoms with Crippen LogP contribution in [0.5, 0.6) is 5.75 Å². The van der Waals surface area contributed by atoms with E-state index in [0.29, 0.717) is 17.4 Å². The van der Waals surface area contributed by atoms with Crippen LogP contribution in [0.4, 0.5) is 10.1 Å². The Kier molecular flexibility index (Phi) is 5.26. The molecule has 0 aliphatic rings. The monoisotopic (exact) mass is 380 g/mol. The number of nitrogen functional groups attached to an aromatic ring is 1. The highest BCUT2D eigenvalue weighted by Gasteiger charge is 2.19. The third-order valence-electron chi connectivity index (χ3n) is 3.74. The number of nitrogens with two attached hydrogens (primary N) is 1. The zero-order chi connectivity index (χ0) is 17.1. The minimum Gasteiger partial charge on any atom is -0.507 e. The highest BCUT2D eigenvalue weighted by molar-refractivity contribution is 9.10. The molecule has 1 amide bonds. The number of likely N-dealkylation sites (N-methyl/N-ethyl adjacent to an activating group) is 1. The fraction of sp³-hybridized carbons (Fsp3) is 0.235. The average Bonchev–Trinajstić information content (AvgIpc) is 2.52. The van der Waals surface area contributed by atoms with Gasteiger partial charge in [-0.2, -0.15) is 0 Å². The zero-order valence-electron chi connectivity index (χ0n) is 12.9. The van der Waals surface area contributed by atoms with E-state index in [-0.39, 0.29) is 28.5 Å². The number of halogens is 2. The third-order valence-corrected chi connectivity index (χ3v) is 4.37. The molecule has 3 N–H and O–H groups in total. The zero-order valence-corrected chi connectivity index (χ0v) is 14.5. The molecule has 0 aliphatic heterocycles. The van der Waals surface area contributed by atoms with Gasteiger partial charge in [0.2, 0.25) is 0 Å². The first-order chi connectivity index (χ1) is 10.8. The highest BCUT2D eigenvalue weighted by atomic mass is 79.9. The summed E-state index contributed by atoms with van der Waals surface area (Å²) in [6, 6.07) is 7.85. The minimum atomic E-state index is -0.446. The highest BCUT2D eigenvalue weighted by Crippen LogP contribution is 2.25. The van der Waals surface area contributed by atoms with Gasteiger partial charge in [-0.1, -0.05) is 6.07 Å². The Morgan fingerprint density at radius 3 is 2.70 bits per heavy atom. The molecule has 0 heterocycles. The van der Waals surface area contributed by atoms with Crippen molar-refractivity contribution < 1.29 is 14.3 Å². The van der Waals surface area contributed by atoms with Gasteiger partial charge < -0.3 is 15.7 Å². The Hall–Kier alpha value is -2.08. The van der Waals surface area contributed by atoms with Crippen LogP contribution in [0.15, 0.2) is 34.8 Å². The van der Waals surface area contributed by atoms with Crippen LogP contribution in [0.1, 0.15) is 21.5 Å². The number of aromatic hydroxyl groups is 1. The van der Waals surface area contributed by atoms with Gasteiger partial charge in [-0.3, -0.25) is 4.79 Å². The predicted molar refractivity (Wildman–Crippen MR) is 92.0 cm³/mol. The van der Waals surface area contributed by atoms with Gasteiger partial charge in [0.25, 0.3) is 5.91 Å². The molecule has 0 saturated carbocycles. The average molecular weight is 381 g/mol. The van der Waals surface area contributed by atoms with Crippen molar-refractivity contribution in [3.63, 3.8) is 0 Å². The molecule has 0 fully saturated rings. The van der Waals surface area contributed by atoms with Crippen LogP contribution in [0, 0.1) is 12.7 Å². The summed E-state index contributed by atoms with van der Waals surface area (Å²) in [5, 5.41) is 9.48. The SMILES string of the molecule is Cc1c(F)ccc(N)c1C(=O)N(C)CCc1ccc(O)c(Br)c1. The van der Waals surface area contributed by atoms with Crippen molar-refractivity contribution in [2.45, 2.75) is 13.3 Å². The number of carbonyl (C=O) groups excluding carboxylic acids is 1. The number of amides is 1. The first-order valence-electron chi connectivity index (χ1n) is 7.08. The smallest absolute Gasteiger partial charge is 0.256 e. The Labute approximate surface area is 142 Å². The summed E-state index contributed by atoms with van der Waals surface area (Å²) in [5.41, 5.74) is 7.53. The summed E-state index contributed by atoms with van der Waals surface area (Å²) in [6.07, 6.45) is 0.607. The molecule has 2 aromatic rings. The van der Waals surface area contributed by atoms with E-state index in [4.69, 9.17) is 5.73 Å². The molecule has 0 radical (unpaired) electrons. The predicted octanol–water partition coefficient (Wildman–Crippen LogP) is 3.50. The summed E-state index contributed by atoms with van der Waals surface area (Å²) >= 11 is 3.26. The molecule has 4 nitrogen and oxygen atoms in total. The maximum absolute atomic E-state index is 13.7. The van der Waals surface area contributed by atoms with Crippen molar-refractivity contribution in [2.75, 3.05) is 19.3 Å². The molecule has 23 heavy (non-hydrogen) atoms. The lowest BCUT2D eigenvalue weighted by atomic mass is 10.0. The number of phenolic OH excluding ortho intramolecular Hbond substituents is 1. The third kappa shape index (κ3) is 3.82. The van der Waals surface area contributed by atoms with Crippen LogP contribution >= 0.6 is 15.9 Å². The summed E-state index contributed by atoms with van der Waals surface area (Å²) in [4.78, 5) is 14.0. The van der Waals surface area contributed by atoms with Gasteiger partial charge in [0, 0.05) is 19.3 Å². The Bertz CT molecular complexity index is 750. The van der Waals surface area contributed by atoms with Gasteiger partial charge in [0.1, 0.15) is 11.6 Å². The molecule has 0 aliphatic carbocycles. The van der Waals surface area contributed by atoms with Crippen LogP contribution in [0.3, 0.4) is 0 Å². The molecule has 0 atom stereocenters. The van der Waals surface area contributed by atoms with E-state index in [2.05, 4.69) is 15.9 Å². The van der Waals surface area contributed by atoms with E-state index < -0.39 is 5.82 Å². The number of hydrogen-bond acceptors (Lipinski definition) is 3. The number of rotatable bonds is 4. The fourth-order valence-corrected chi connectivity index (χ4v) is 2.71. The number of hydrogen-bond donors (Lipinski definition) is 2. The molecule has 0 saturated heterocycles. The molecule has 2 rings (SSSR count). The van der Waals surface area contributed by atoms with Crippen LogP contribution in [0.2, 0.25) is 0 Å². The van der Waals surface area contributed by atoms with Gasteiger partial charge >= 0.3 is 0 Å². The van der Waals surface area contributed by atoms with Crippen molar-refractivity contribution >= 4 is 27.5 Å². The van der Waals surface area contributed by atoms with E-state index in [9.17, 15) is 14.3 Å². The summed E-state index contributed by atoms with van der Waals surface area (Å²) < 4.78 is 14.3. The van der Waals surface area contributed by atoms with E-state index in [1.807, 2.05) is 0 Å². The van der Waals surface area contributed by atoms with Crippen molar-refractivity contribution in [2.24, 2.45) is 0 Å². The Balaban J connectivity index is 2.11.